The summed E-state index contributed by atoms with van der Waals surface area (Å²) < 4.78 is 6.58. The number of hydrogen-bond donors (Lipinski definition) is 3. The standard InChI is InChI=1S/C14H21BrN2O3/c1-10(20-12-7-5-4-6-11(12)15)8-16-13(18)17-9-14(2,3)19/h4-7,10,19H,8-9H2,1-3H3,(H2,16,17,18)/t10-/m0/s1. The quantitative estimate of drug-likeness (QED) is 0.741. The van der Waals surface area contributed by atoms with Crippen molar-refractivity contribution in [1.29, 1.82) is 0 Å². The predicted molar refractivity (Wildman–Crippen MR) is 81.9 cm³/mol. The molecule has 0 aromatic heterocycles. The minimum absolute atomic E-state index is 0.165. The van der Waals surface area contributed by atoms with Crippen LogP contribution in [0, 0.1) is 0 Å². The smallest absolute Gasteiger partial charge is 0.315 e. The van der Waals surface area contributed by atoms with Crippen LogP contribution in [-0.4, -0.2) is 35.9 Å². The molecular formula is C14H21BrN2O3. The second-order valence-electron chi connectivity index (χ2n) is 5.23. The second kappa shape index (κ2) is 7.50. The van der Waals surface area contributed by atoms with Crippen LogP contribution in [0.25, 0.3) is 0 Å². The molecule has 3 N–H and O–H groups in total. The van der Waals surface area contributed by atoms with Crippen LogP contribution in [0.2, 0.25) is 0 Å². The number of carbonyl (C=O) groups is 1. The molecule has 0 aliphatic heterocycles. The molecule has 1 aromatic rings. The number of urea groups is 1. The molecule has 0 spiro atoms. The van der Waals surface area contributed by atoms with Crippen molar-refractivity contribution >= 4 is 22.0 Å². The first-order chi connectivity index (χ1) is 9.28. The van der Waals surface area contributed by atoms with Gasteiger partial charge < -0.3 is 20.5 Å². The van der Waals surface area contributed by atoms with Crippen molar-refractivity contribution in [3.05, 3.63) is 28.7 Å². The maximum atomic E-state index is 11.5. The van der Waals surface area contributed by atoms with Crippen molar-refractivity contribution in [3.8, 4) is 5.75 Å². The van der Waals surface area contributed by atoms with Gasteiger partial charge in [0.15, 0.2) is 0 Å². The number of para-hydroxylation sites is 1. The van der Waals surface area contributed by atoms with Gasteiger partial charge in [-0.3, -0.25) is 0 Å². The summed E-state index contributed by atoms with van der Waals surface area (Å²) in [6, 6.07) is 7.22. The highest BCUT2D eigenvalue weighted by molar-refractivity contribution is 9.10. The summed E-state index contributed by atoms with van der Waals surface area (Å²) in [7, 11) is 0. The summed E-state index contributed by atoms with van der Waals surface area (Å²) in [5.74, 6) is 0.735. The average Bonchev–Trinajstić information content (AvgIpc) is 2.36. The van der Waals surface area contributed by atoms with Crippen molar-refractivity contribution in [2.45, 2.75) is 32.5 Å². The van der Waals surface area contributed by atoms with Crippen LogP contribution >= 0.6 is 15.9 Å². The summed E-state index contributed by atoms with van der Waals surface area (Å²) in [6.07, 6.45) is -0.165. The number of halogens is 1. The Labute approximate surface area is 127 Å². The highest BCUT2D eigenvalue weighted by Crippen LogP contribution is 2.24. The van der Waals surface area contributed by atoms with Gasteiger partial charge in [0.05, 0.1) is 16.6 Å². The van der Waals surface area contributed by atoms with Crippen molar-refractivity contribution < 1.29 is 14.6 Å². The second-order valence-corrected chi connectivity index (χ2v) is 6.09. The SMILES string of the molecule is C[C@@H](CNC(=O)NCC(C)(C)O)Oc1ccccc1Br. The Balaban J connectivity index is 2.31. The number of benzene rings is 1. The molecule has 0 saturated heterocycles. The first-order valence-corrected chi connectivity index (χ1v) is 7.22. The molecule has 0 saturated carbocycles. The Hall–Kier alpha value is -1.27. The highest BCUT2D eigenvalue weighted by atomic mass is 79.9. The number of hydrogen-bond acceptors (Lipinski definition) is 3. The molecule has 0 heterocycles. The normalized spacial score (nSPS) is 12.7. The average molecular weight is 345 g/mol. The van der Waals surface area contributed by atoms with Crippen LogP contribution in [0.3, 0.4) is 0 Å². The molecule has 0 bridgehead atoms. The maximum absolute atomic E-state index is 11.5. The van der Waals surface area contributed by atoms with Crippen LogP contribution in [0.5, 0.6) is 5.75 Å². The lowest BCUT2D eigenvalue weighted by Gasteiger charge is -2.19. The van der Waals surface area contributed by atoms with Crippen molar-refractivity contribution in [2.24, 2.45) is 0 Å². The van der Waals surface area contributed by atoms with Gasteiger partial charge in [0, 0.05) is 6.54 Å². The van der Waals surface area contributed by atoms with E-state index in [1.54, 1.807) is 13.8 Å². The highest BCUT2D eigenvalue weighted by Gasteiger charge is 2.14. The number of amides is 2. The topological polar surface area (TPSA) is 70.6 Å². The van der Waals surface area contributed by atoms with Crippen LogP contribution in [-0.2, 0) is 0 Å². The molecule has 1 atom stereocenters. The van der Waals surface area contributed by atoms with E-state index in [2.05, 4.69) is 26.6 Å². The van der Waals surface area contributed by atoms with E-state index in [1.165, 1.54) is 0 Å². The molecule has 0 fully saturated rings. The van der Waals surface area contributed by atoms with E-state index in [9.17, 15) is 9.90 Å². The lowest BCUT2D eigenvalue weighted by molar-refractivity contribution is 0.0818. The van der Waals surface area contributed by atoms with Gasteiger partial charge in [-0.15, -0.1) is 0 Å². The minimum atomic E-state index is -0.922. The summed E-state index contributed by atoms with van der Waals surface area (Å²) in [4.78, 5) is 11.5. The van der Waals surface area contributed by atoms with Gasteiger partial charge in [0.25, 0.3) is 0 Å². The van der Waals surface area contributed by atoms with Gasteiger partial charge in [-0.25, -0.2) is 4.79 Å². The van der Waals surface area contributed by atoms with Gasteiger partial charge >= 0.3 is 6.03 Å². The zero-order valence-electron chi connectivity index (χ0n) is 11.9. The lowest BCUT2D eigenvalue weighted by Crippen LogP contribution is -2.45. The summed E-state index contributed by atoms with van der Waals surface area (Å²) in [6.45, 7) is 5.70. The molecule has 0 radical (unpaired) electrons. The van der Waals surface area contributed by atoms with Crippen LogP contribution < -0.4 is 15.4 Å². The molecule has 1 rings (SSSR count). The first kappa shape index (κ1) is 16.8. The zero-order valence-corrected chi connectivity index (χ0v) is 13.5. The number of carbonyl (C=O) groups excluding carboxylic acids is 1. The number of rotatable bonds is 6. The third kappa shape index (κ3) is 6.77. The van der Waals surface area contributed by atoms with Crippen LogP contribution in [0.1, 0.15) is 20.8 Å². The van der Waals surface area contributed by atoms with E-state index in [0.29, 0.717) is 6.54 Å². The summed E-state index contributed by atoms with van der Waals surface area (Å²) in [5, 5.41) is 14.8. The van der Waals surface area contributed by atoms with E-state index in [0.717, 1.165) is 10.2 Å². The molecule has 0 aliphatic carbocycles. The van der Waals surface area contributed by atoms with Gasteiger partial charge in [0.2, 0.25) is 0 Å². The largest absolute Gasteiger partial charge is 0.488 e. The first-order valence-electron chi connectivity index (χ1n) is 6.43. The van der Waals surface area contributed by atoms with Gasteiger partial charge in [-0.1, -0.05) is 12.1 Å². The maximum Gasteiger partial charge on any atom is 0.315 e. The molecule has 5 nitrogen and oxygen atoms in total. The number of nitrogens with one attached hydrogen (secondary N) is 2. The van der Waals surface area contributed by atoms with Crippen LogP contribution in [0.4, 0.5) is 4.79 Å². The number of ether oxygens (including phenoxy) is 1. The predicted octanol–water partition coefficient (Wildman–Crippen LogP) is 2.29. The molecule has 2 amide bonds. The zero-order chi connectivity index (χ0) is 15.2. The van der Waals surface area contributed by atoms with E-state index in [1.807, 2.05) is 31.2 Å². The van der Waals surface area contributed by atoms with Crippen LogP contribution in [0.15, 0.2) is 28.7 Å². The van der Waals surface area contributed by atoms with E-state index >= 15 is 0 Å². The van der Waals surface area contributed by atoms with Gasteiger partial charge in [-0.2, -0.15) is 0 Å². The van der Waals surface area contributed by atoms with Crippen molar-refractivity contribution in [3.63, 3.8) is 0 Å². The fourth-order valence-corrected chi connectivity index (χ4v) is 1.77. The third-order valence-electron chi connectivity index (χ3n) is 2.40. The van der Waals surface area contributed by atoms with Gasteiger partial charge in [0.1, 0.15) is 11.9 Å². The van der Waals surface area contributed by atoms with Crippen molar-refractivity contribution in [2.75, 3.05) is 13.1 Å². The Kier molecular flexibility index (Phi) is 6.29. The molecular weight excluding hydrogens is 324 g/mol. The summed E-state index contributed by atoms with van der Waals surface area (Å²) >= 11 is 3.40. The third-order valence-corrected chi connectivity index (χ3v) is 3.05. The Morgan fingerprint density at radius 1 is 1.40 bits per heavy atom. The Morgan fingerprint density at radius 3 is 2.65 bits per heavy atom. The van der Waals surface area contributed by atoms with Gasteiger partial charge in [-0.05, 0) is 48.8 Å². The molecule has 6 heteroatoms. The van der Waals surface area contributed by atoms with E-state index in [4.69, 9.17) is 4.74 Å². The molecule has 20 heavy (non-hydrogen) atoms. The molecule has 0 aliphatic rings. The fraction of sp³-hybridized carbons (Fsp3) is 0.500. The monoisotopic (exact) mass is 344 g/mol. The number of aliphatic hydroxyl groups is 1. The van der Waals surface area contributed by atoms with Crippen molar-refractivity contribution in [1.82, 2.24) is 10.6 Å². The minimum Gasteiger partial charge on any atom is -0.488 e. The Bertz CT molecular complexity index is 446. The lowest BCUT2D eigenvalue weighted by atomic mass is 10.1. The van der Waals surface area contributed by atoms with E-state index < -0.39 is 5.60 Å². The molecule has 112 valence electrons. The fourth-order valence-electron chi connectivity index (χ4n) is 1.39. The summed E-state index contributed by atoms with van der Waals surface area (Å²) in [5.41, 5.74) is -0.922. The Morgan fingerprint density at radius 2 is 2.05 bits per heavy atom. The van der Waals surface area contributed by atoms with E-state index in [-0.39, 0.29) is 18.7 Å². The molecule has 0 unspecified atom stereocenters. The molecule has 1 aromatic carbocycles.